The van der Waals surface area contributed by atoms with Gasteiger partial charge in [-0.15, -0.1) is 0 Å². The van der Waals surface area contributed by atoms with Crippen molar-refractivity contribution in [1.82, 2.24) is 15.2 Å². The molecule has 1 aromatic carbocycles. The van der Waals surface area contributed by atoms with Gasteiger partial charge in [-0.3, -0.25) is 4.79 Å². The molecule has 1 aliphatic rings. The van der Waals surface area contributed by atoms with E-state index in [1.165, 1.54) is 0 Å². The maximum atomic E-state index is 12.5. The summed E-state index contributed by atoms with van der Waals surface area (Å²) in [6.45, 7) is 6.42. The fourth-order valence-corrected chi connectivity index (χ4v) is 2.96. The van der Waals surface area contributed by atoms with Gasteiger partial charge < -0.3 is 19.9 Å². The minimum absolute atomic E-state index is 0.0652. The predicted octanol–water partition coefficient (Wildman–Crippen LogP) is 3.28. The van der Waals surface area contributed by atoms with Crippen molar-refractivity contribution >= 4 is 38.8 Å². The van der Waals surface area contributed by atoms with E-state index in [0.29, 0.717) is 18.8 Å². The molecule has 1 aromatic heterocycles. The van der Waals surface area contributed by atoms with E-state index in [4.69, 9.17) is 4.74 Å². The van der Waals surface area contributed by atoms with E-state index in [0.717, 1.165) is 15.4 Å². The number of aromatic amines is 1. The third kappa shape index (κ3) is 3.72. The zero-order valence-corrected chi connectivity index (χ0v) is 15.4. The first-order valence-electron chi connectivity index (χ1n) is 7.78. The molecule has 2 N–H and O–H groups in total. The fraction of sp³-hybridized carbons (Fsp3) is 0.412. The second kappa shape index (κ2) is 6.12. The number of fused-ring (bicyclic) bond motifs is 1. The van der Waals surface area contributed by atoms with Crippen molar-refractivity contribution < 1.29 is 14.3 Å². The van der Waals surface area contributed by atoms with Crippen molar-refractivity contribution in [1.29, 1.82) is 0 Å². The highest BCUT2D eigenvalue weighted by molar-refractivity contribution is 9.10. The van der Waals surface area contributed by atoms with E-state index in [2.05, 4.69) is 26.2 Å². The summed E-state index contributed by atoms with van der Waals surface area (Å²) in [4.78, 5) is 29.0. The topological polar surface area (TPSA) is 74.4 Å². The molecule has 0 spiro atoms. The molecular formula is C17H20BrN3O3. The molecule has 2 heterocycles. The van der Waals surface area contributed by atoms with E-state index >= 15 is 0 Å². The Balaban J connectivity index is 1.57. The molecule has 1 fully saturated rings. The number of likely N-dealkylation sites (tertiary alicyclic amines) is 1. The number of ether oxygens (including phenoxy) is 1. The number of carbonyl (C=O) groups is 2. The van der Waals surface area contributed by atoms with Crippen LogP contribution in [0.5, 0.6) is 0 Å². The molecule has 7 heteroatoms. The number of benzene rings is 1. The molecule has 0 aliphatic carbocycles. The second-order valence-electron chi connectivity index (χ2n) is 6.97. The molecule has 1 saturated heterocycles. The van der Waals surface area contributed by atoms with Crippen LogP contribution in [0.3, 0.4) is 0 Å². The molecule has 0 saturated carbocycles. The Morgan fingerprint density at radius 1 is 1.29 bits per heavy atom. The molecule has 0 radical (unpaired) electrons. The van der Waals surface area contributed by atoms with Gasteiger partial charge in [0.25, 0.3) is 5.91 Å². The van der Waals surface area contributed by atoms with Crippen LogP contribution in [0.2, 0.25) is 0 Å². The molecule has 0 unspecified atom stereocenters. The largest absolute Gasteiger partial charge is 0.444 e. The summed E-state index contributed by atoms with van der Waals surface area (Å²) >= 11 is 3.42. The lowest BCUT2D eigenvalue weighted by Gasteiger charge is -2.39. The van der Waals surface area contributed by atoms with Crippen LogP contribution in [0.1, 0.15) is 31.3 Å². The molecular weight excluding hydrogens is 374 g/mol. The van der Waals surface area contributed by atoms with Crippen LogP contribution in [-0.2, 0) is 4.74 Å². The summed E-state index contributed by atoms with van der Waals surface area (Å²) in [7, 11) is 0. The third-order valence-corrected chi connectivity index (χ3v) is 4.20. The molecule has 2 aromatic rings. The molecule has 24 heavy (non-hydrogen) atoms. The average molecular weight is 394 g/mol. The molecule has 0 bridgehead atoms. The van der Waals surface area contributed by atoms with Gasteiger partial charge in [0.1, 0.15) is 11.3 Å². The summed E-state index contributed by atoms with van der Waals surface area (Å²) in [6.07, 6.45) is -0.449. The zero-order valence-electron chi connectivity index (χ0n) is 13.9. The summed E-state index contributed by atoms with van der Waals surface area (Å²) in [5.41, 5.74) is 0.942. The Morgan fingerprint density at radius 2 is 2.00 bits per heavy atom. The van der Waals surface area contributed by atoms with E-state index < -0.39 is 11.7 Å². The quantitative estimate of drug-likeness (QED) is 0.821. The van der Waals surface area contributed by atoms with Gasteiger partial charge in [-0.05, 0) is 39.0 Å². The lowest BCUT2D eigenvalue weighted by Crippen LogP contribution is -2.61. The van der Waals surface area contributed by atoms with Gasteiger partial charge in [-0.1, -0.05) is 22.0 Å². The lowest BCUT2D eigenvalue weighted by molar-refractivity contribution is 0.0357. The Hall–Kier alpha value is -2.02. The highest BCUT2D eigenvalue weighted by Crippen LogP contribution is 2.22. The summed E-state index contributed by atoms with van der Waals surface area (Å²) in [5, 5.41) is 3.76. The molecule has 2 amide bonds. The van der Waals surface area contributed by atoms with Crippen molar-refractivity contribution in [2.75, 3.05) is 13.1 Å². The first-order valence-corrected chi connectivity index (χ1v) is 8.58. The fourth-order valence-electron chi connectivity index (χ4n) is 2.59. The maximum Gasteiger partial charge on any atom is 0.407 e. The number of halogens is 1. The van der Waals surface area contributed by atoms with Gasteiger partial charge >= 0.3 is 6.09 Å². The molecule has 3 rings (SSSR count). The Labute approximate surface area is 148 Å². The normalized spacial score (nSPS) is 15.2. The van der Waals surface area contributed by atoms with E-state index in [1.54, 1.807) is 4.90 Å². The first-order chi connectivity index (χ1) is 11.2. The van der Waals surface area contributed by atoms with Crippen molar-refractivity contribution in [3.8, 4) is 0 Å². The van der Waals surface area contributed by atoms with Gasteiger partial charge in [0, 0.05) is 28.5 Å². The molecule has 0 atom stereocenters. The predicted molar refractivity (Wildman–Crippen MR) is 95.1 cm³/mol. The number of amides is 2. The summed E-state index contributed by atoms with van der Waals surface area (Å²) in [6, 6.07) is 7.61. The number of hydrogen-bond acceptors (Lipinski definition) is 3. The van der Waals surface area contributed by atoms with Gasteiger partial charge in [0.2, 0.25) is 0 Å². The minimum atomic E-state index is -0.526. The molecule has 1 aliphatic heterocycles. The summed E-state index contributed by atoms with van der Waals surface area (Å²) in [5.74, 6) is -0.0652. The number of hydrogen-bond donors (Lipinski definition) is 2. The highest BCUT2D eigenvalue weighted by Gasteiger charge is 2.33. The van der Waals surface area contributed by atoms with E-state index in [9.17, 15) is 9.59 Å². The van der Waals surface area contributed by atoms with Gasteiger partial charge in [-0.2, -0.15) is 0 Å². The Morgan fingerprint density at radius 3 is 2.67 bits per heavy atom. The van der Waals surface area contributed by atoms with Crippen molar-refractivity contribution in [3.05, 3.63) is 34.4 Å². The van der Waals surface area contributed by atoms with E-state index in [-0.39, 0.29) is 11.9 Å². The van der Waals surface area contributed by atoms with Crippen LogP contribution in [-0.4, -0.2) is 46.6 Å². The van der Waals surface area contributed by atoms with E-state index in [1.807, 2.05) is 45.0 Å². The number of alkyl carbamates (subject to hydrolysis) is 1. The smallest absolute Gasteiger partial charge is 0.407 e. The number of H-pyrrole nitrogens is 1. The highest BCUT2D eigenvalue weighted by atomic mass is 79.9. The van der Waals surface area contributed by atoms with Crippen LogP contribution in [0.4, 0.5) is 4.79 Å². The Bertz CT molecular complexity index is 788. The standard InChI is InChI=1S/C17H20BrN3O3/c1-17(2,3)24-16(23)19-12-8-21(9-12)15(22)14-6-10-4-5-11(18)7-13(10)20-14/h4-7,12,20H,8-9H2,1-3H3,(H,19,23). The van der Waals surface area contributed by atoms with Crippen LogP contribution < -0.4 is 5.32 Å². The number of rotatable bonds is 2. The van der Waals surface area contributed by atoms with Gasteiger partial charge in [0.15, 0.2) is 0 Å². The lowest BCUT2D eigenvalue weighted by atomic mass is 10.1. The number of carbonyl (C=O) groups excluding carboxylic acids is 2. The van der Waals surface area contributed by atoms with Crippen LogP contribution in [0, 0.1) is 0 Å². The zero-order chi connectivity index (χ0) is 17.5. The monoisotopic (exact) mass is 393 g/mol. The summed E-state index contributed by atoms with van der Waals surface area (Å²) < 4.78 is 6.17. The molecule has 128 valence electrons. The number of aromatic nitrogens is 1. The third-order valence-electron chi connectivity index (χ3n) is 3.70. The first kappa shape index (κ1) is 16.8. The van der Waals surface area contributed by atoms with Crippen molar-refractivity contribution in [2.45, 2.75) is 32.4 Å². The van der Waals surface area contributed by atoms with Gasteiger partial charge in [-0.25, -0.2) is 4.79 Å². The number of nitrogens with one attached hydrogen (secondary N) is 2. The van der Waals surface area contributed by atoms with Crippen LogP contribution in [0.15, 0.2) is 28.7 Å². The SMILES string of the molecule is CC(C)(C)OC(=O)NC1CN(C(=O)c2cc3ccc(Br)cc3[nH]2)C1. The van der Waals surface area contributed by atoms with Crippen molar-refractivity contribution in [2.24, 2.45) is 0 Å². The molecule has 6 nitrogen and oxygen atoms in total. The van der Waals surface area contributed by atoms with Crippen LogP contribution >= 0.6 is 15.9 Å². The second-order valence-corrected chi connectivity index (χ2v) is 7.88. The van der Waals surface area contributed by atoms with Crippen molar-refractivity contribution in [3.63, 3.8) is 0 Å². The minimum Gasteiger partial charge on any atom is -0.444 e. The number of nitrogens with zero attached hydrogens (tertiary/aromatic N) is 1. The average Bonchev–Trinajstić information content (AvgIpc) is 2.82. The van der Waals surface area contributed by atoms with Crippen LogP contribution in [0.25, 0.3) is 10.9 Å². The Kier molecular flexibility index (Phi) is 4.29. The maximum absolute atomic E-state index is 12.5. The van der Waals surface area contributed by atoms with Gasteiger partial charge in [0.05, 0.1) is 6.04 Å².